The van der Waals surface area contributed by atoms with Crippen LogP contribution in [0.2, 0.25) is 0 Å². The third kappa shape index (κ3) is 9.19. The van der Waals surface area contributed by atoms with Crippen LogP contribution in [0.3, 0.4) is 0 Å². The molecule has 0 aromatic heterocycles. The molecule has 0 saturated heterocycles. The summed E-state index contributed by atoms with van der Waals surface area (Å²) in [6, 6.07) is 20.3. The van der Waals surface area contributed by atoms with Gasteiger partial charge in [-0.25, -0.2) is 14.0 Å². The minimum absolute atomic E-state index is 0.00183. The summed E-state index contributed by atoms with van der Waals surface area (Å²) in [6.07, 6.45) is -5.19. The lowest BCUT2D eigenvalue weighted by molar-refractivity contribution is -0.142. The fourth-order valence-electron chi connectivity index (χ4n) is 5.56. The first kappa shape index (κ1) is 35.9. The normalized spacial score (nSPS) is 15.1. The van der Waals surface area contributed by atoms with Crippen LogP contribution in [0.5, 0.6) is 5.75 Å². The van der Waals surface area contributed by atoms with Gasteiger partial charge in [0, 0.05) is 12.8 Å². The van der Waals surface area contributed by atoms with E-state index in [1.165, 1.54) is 29.2 Å². The summed E-state index contributed by atoms with van der Waals surface area (Å²) in [5, 5.41) is 12.6. The predicted molar refractivity (Wildman–Crippen MR) is 177 cm³/mol. The quantitative estimate of drug-likeness (QED) is 0.176. The maximum Gasteiger partial charge on any atom is 0.416 e. The zero-order valence-electron chi connectivity index (χ0n) is 27.6. The highest BCUT2D eigenvalue weighted by atomic mass is 19.4. The molecule has 2 amide bonds. The van der Waals surface area contributed by atoms with Gasteiger partial charge in [-0.1, -0.05) is 54.6 Å². The molecule has 0 bridgehead atoms. The van der Waals surface area contributed by atoms with E-state index in [0.29, 0.717) is 28.0 Å². The van der Waals surface area contributed by atoms with Crippen molar-refractivity contribution in [1.29, 1.82) is 0 Å². The molecule has 0 unspecified atom stereocenters. The fraction of sp³-hybridized carbons (Fsp3) is 0.289. The molecule has 2 atom stereocenters. The predicted octanol–water partition coefficient (Wildman–Crippen LogP) is 7.56. The van der Waals surface area contributed by atoms with E-state index in [1.807, 2.05) is 0 Å². The van der Waals surface area contributed by atoms with Crippen molar-refractivity contribution in [3.05, 3.63) is 125 Å². The Morgan fingerprint density at radius 1 is 0.880 bits per heavy atom. The number of nitrogens with zero attached hydrogens (tertiary/aromatic N) is 1. The summed E-state index contributed by atoms with van der Waals surface area (Å²) in [7, 11) is 0. The highest BCUT2D eigenvalue weighted by molar-refractivity contribution is 5.90. The smallest absolute Gasteiger partial charge is 0.416 e. The van der Waals surface area contributed by atoms with Crippen LogP contribution < -0.4 is 10.1 Å². The number of amides is 2. The molecule has 50 heavy (non-hydrogen) atoms. The molecule has 0 aliphatic carbocycles. The van der Waals surface area contributed by atoms with Crippen LogP contribution in [0.4, 0.5) is 22.4 Å². The van der Waals surface area contributed by atoms with E-state index in [2.05, 4.69) is 5.32 Å². The van der Waals surface area contributed by atoms with E-state index in [0.717, 1.165) is 23.3 Å². The molecule has 0 fully saturated rings. The lowest BCUT2D eigenvalue weighted by Gasteiger charge is -2.37. The average molecular weight is 693 g/mol. The first-order valence-corrected chi connectivity index (χ1v) is 15.8. The summed E-state index contributed by atoms with van der Waals surface area (Å²) in [6.45, 7) is 5.02. The molecular weight excluding hydrogens is 656 g/mol. The number of halogens is 4. The van der Waals surface area contributed by atoms with Crippen LogP contribution in [0.15, 0.2) is 91.0 Å². The van der Waals surface area contributed by atoms with Gasteiger partial charge in [-0.05, 0) is 90.6 Å². The number of carboxylic acids is 1. The number of rotatable bonds is 9. The van der Waals surface area contributed by atoms with Gasteiger partial charge >= 0.3 is 18.2 Å². The second-order valence-corrected chi connectivity index (χ2v) is 13.1. The van der Waals surface area contributed by atoms with E-state index in [-0.39, 0.29) is 31.8 Å². The number of hydrogen-bond donors (Lipinski definition) is 2. The van der Waals surface area contributed by atoms with E-state index >= 15 is 0 Å². The third-order valence-corrected chi connectivity index (χ3v) is 8.09. The number of fused-ring (bicyclic) bond motifs is 1. The number of carboxylic acid groups (broad SMARTS) is 1. The van der Waals surface area contributed by atoms with Crippen molar-refractivity contribution in [2.45, 2.75) is 70.6 Å². The number of alkyl halides is 3. The minimum Gasteiger partial charge on any atom is -0.489 e. The topological polar surface area (TPSA) is 105 Å². The van der Waals surface area contributed by atoms with Crippen LogP contribution in [0.1, 0.15) is 48.6 Å². The molecule has 12 heteroatoms. The second kappa shape index (κ2) is 14.6. The minimum atomic E-state index is -4.44. The number of carbonyl (C=O) groups is 3. The number of carbonyl (C=O) groups excluding carboxylic acids is 2. The van der Waals surface area contributed by atoms with Crippen molar-refractivity contribution in [2.24, 2.45) is 0 Å². The van der Waals surface area contributed by atoms with Crippen molar-refractivity contribution >= 4 is 18.0 Å². The molecule has 1 aliphatic heterocycles. The summed E-state index contributed by atoms with van der Waals surface area (Å²) in [4.78, 5) is 40.6. The molecule has 4 aromatic carbocycles. The molecule has 0 radical (unpaired) electrons. The van der Waals surface area contributed by atoms with Gasteiger partial charge in [-0.3, -0.25) is 9.69 Å². The van der Waals surface area contributed by atoms with E-state index in [9.17, 15) is 37.1 Å². The third-order valence-electron chi connectivity index (χ3n) is 8.09. The van der Waals surface area contributed by atoms with Crippen LogP contribution >= 0.6 is 0 Å². The van der Waals surface area contributed by atoms with Crippen LogP contribution in [0.25, 0.3) is 11.1 Å². The standard InChI is InChI=1S/C38H36F4N2O6/c1-37(2,3)50-36(48)44-21-28-19-31(49-22-24-9-14-29(15-10-24)38(40,41)42)16-13-27(28)20-33(44)34(45)43-32(35(46)47)17-23-7-11-25(12-8-23)26-5-4-6-30(39)18-26/h4-16,18-19,32-33H,17,20-22H2,1-3H3,(H,43,45)(H,46,47)/t32-,33-/m0/s1. The number of hydrogen-bond acceptors (Lipinski definition) is 5. The molecule has 262 valence electrons. The Balaban J connectivity index is 1.31. The molecule has 8 nitrogen and oxygen atoms in total. The summed E-state index contributed by atoms with van der Waals surface area (Å²) in [5.41, 5.74) is 2.31. The fourth-order valence-corrected chi connectivity index (χ4v) is 5.56. The Kier molecular flexibility index (Phi) is 10.5. The van der Waals surface area contributed by atoms with Crippen molar-refractivity contribution in [2.75, 3.05) is 0 Å². The van der Waals surface area contributed by atoms with Gasteiger partial charge in [0.15, 0.2) is 0 Å². The molecule has 2 N–H and O–H groups in total. The SMILES string of the molecule is CC(C)(C)OC(=O)N1Cc2cc(OCc3ccc(C(F)(F)F)cc3)ccc2C[C@H]1C(=O)N[C@@H](Cc1ccc(-c2cccc(F)c2)cc1)C(=O)O. The number of benzene rings is 4. The Bertz CT molecular complexity index is 1850. The van der Waals surface area contributed by atoms with Gasteiger partial charge in [0.2, 0.25) is 5.91 Å². The molecule has 4 aromatic rings. The van der Waals surface area contributed by atoms with E-state index < -0.39 is 47.4 Å². The van der Waals surface area contributed by atoms with Gasteiger partial charge in [0.1, 0.15) is 35.9 Å². The highest BCUT2D eigenvalue weighted by Gasteiger charge is 2.38. The highest BCUT2D eigenvalue weighted by Crippen LogP contribution is 2.31. The van der Waals surface area contributed by atoms with Crippen LogP contribution in [-0.2, 0) is 46.5 Å². The van der Waals surface area contributed by atoms with Crippen LogP contribution in [0, 0.1) is 5.82 Å². The van der Waals surface area contributed by atoms with Gasteiger partial charge in [0.05, 0.1) is 12.1 Å². The van der Waals surface area contributed by atoms with E-state index in [1.54, 1.807) is 75.4 Å². The Hall–Kier alpha value is -5.39. The van der Waals surface area contributed by atoms with E-state index in [4.69, 9.17) is 9.47 Å². The number of nitrogens with one attached hydrogen (secondary N) is 1. The monoisotopic (exact) mass is 692 g/mol. The lowest BCUT2D eigenvalue weighted by atomic mass is 9.93. The molecule has 1 aliphatic rings. The maximum absolute atomic E-state index is 13.7. The van der Waals surface area contributed by atoms with Gasteiger partial charge in [-0.2, -0.15) is 13.2 Å². The zero-order valence-corrected chi connectivity index (χ0v) is 27.6. The summed E-state index contributed by atoms with van der Waals surface area (Å²) in [5.74, 6) is -1.91. The Morgan fingerprint density at radius 2 is 1.56 bits per heavy atom. The summed E-state index contributed by atoms with van der Waals surface area (Å²) < 4.78 is 63.9. The van der Waals surface area contributed by atoms with Crippen molar-refractivity contribution in [3.63, 3.8) is 0 Å². The Labute approximate surface area is 286 Å². The average Bonchev–Trinajstić information content (AvgIpc) is 3.05. The van der Waals surface area contributed by atoms with Gasteiger partial charge in [-0.15, -0.1) is 0 Å². The second-order valence-electron chi connectivity index (χ2n) is 13.1. The summed E-state index contributed by atoms with van der Waals surface area (Å²) >= 11 is 0. The van der Waals surface area contributed by atoms with Gasteiger partial charge < -0.3 is 19.9 Å². The van der Waals surface area contributed by atoms with Crippen molar-refractivity contribution in [1.82, 2.24) is 10.2 Å². The Morgan fingerprint density at radius 3 is 2.18 bits per heavy atom. The van der Waals surface area contributed by atoms with Crippen LogP contribution in [-0.4, -0.2) is 45.7 Å². The number of aliphatic carboxylic acids is 1. The van der Waals surface area contributed by atoms with Crippen molar-refractivity contribution < 1.29 is 46.5 Å². The first-order valence-electron chi connectivity index (χ1n) is 15.8. The molecule has 5 rings (SSSR count). The lowest BCUT2D eigenvalue weighted by Crippen LogP contribution is -2.56. The zero-order chi connectivity index (χ0) is 36.2. The number of ether oxygens (including phenoxy) is 2. The maximum atomic E-state index is 13.7. The van der Waals surface area contributed by atoms with Gasteiger partial charge in [0.25, 0.3) is 0 Å². The molecule has 0 spiro atoms. The van der Waals surface area contributed by atoms with Crippen molar-refractivity contribution in [3.8, 4) is 16.9 Å². The molecule has 1 heterocycles. The molecule has 0 saturated carbocycles. The largest absolute Gasteiger partial charge is 0.489 e. The molecular formula is C38H36F4N2O6. The first-order chi connectivity index (χ1) is 23.6.